The average Bonchev–Trinajstić information content (AvgIpc) is 3.45. The summed E-state index contributed by atoms with van der Waals surface area (Å²) in [5, 5.41) is 14.5. The van der Waals surface area contributed by atoms with Gasteiger partial charge in [0.1, 0.15) is 6.33 Å². The smallest absolute Gasteiger partial charge is 0.315 e. The number of amides is 1. The third-order valence-corrected chi connectivity index (χ3v) is 5.79. The number of rotatable bonds is 6. The summed E-state index contributed by atoms with van der Waals surface area (Å²) in [6.07, 6.45) is 4.90. The average molecular weight is 496 g/mol. The van der Waals surface area contributed by atoms with Gasteiger partial charge in [-0.25, -0.2) is 9.97 Å². The molecule has 1 atom stereocenters. The fraction of sp³-hybridized carbons (Fsp3) is 0.348. The molecule has 12 heteroatoms. The summed E-state index contributed by atoms with van der Waals surface area (Å²) in [4.78, 5) is 29.8. The molecule has 0 saturated carbocycles. The molecule has 11 nitrogen and oxygen atoms in total. The van der Waals surface area contributed by atoms with Crippen LogP contribution in [-0.4, -0.2) is 40.8 Å². The zero-order chi connectivity index (χ0) is 25.3. The minimum Gasteiger partial charge on any atom is -0.341 e. The minimum absolute atomic E-state index is 0.0824. The molecule has 35 heavy (non-hydrogen) atoms. The van der Waals surface area contributed by atoms with Crippen molar-refractivity contribution in [3.05, 3.63) is 58.7 Å². The first-order valence-corrected chi connectivity index (χ1v) is 11.3. The maximum atomic E-state index is 12.7. The van der Waals surface area contributed by atoms with Crippen molar-refractivity contribution in [1.29, 1.82) is 0 Å². The van der Waals surface area contributed by atoms with E-state index >= 15 is 0 Å². The van der Waals surface area contributed by atoms with E-state index in [4.69, 9.17) is 16.1 Å². The molecule has 0 aliphatic rings. The molecule has 3 heterocycles. The number of hydrogen-bond donors (Lipinski definition) is 2. The molecule has 2 N–H and O–H groups in total. The Bertz CT molecular complexity index is 1370. The van der Waals surface area contributed by atoms with Crippen LogP contribution in [-0.2, 0) is 12.5 Å². The number of hydrogen-bond acceptors (Lipinski definition) is 9. The summed E-state index contributed by atoms with van der Waals surface area (Å²) in [5.41, 5.74) is 2.71. The van der Waals surface area contributed by atoms with Gasteiger partial charge in [-0.3, -0.25) is 9.48 Å². The highest BCUT2D eigenvalue weighted by molar-refractivity contribution is 6.34. The Morgan fingerprint density at radius 2 is 1.97 bits per heavy atom. The van der Waals surface area contributed by atoms with E-state index in [0.29, 0.717) is 28.2 Å². The molecule has 1 unspecified atom stereocenters. The number of anilines is 2. The Morgan fingerprint density at radius 1 is 1.20 bits per heavy atom. The van der Waals surface area contributed by atoms with Crippen LogP contribution in [0, 0.1) is 6.92 Å². The van der Waals surface area contributed by atoms with Gasteiger partial charge in [0.2, 0.25) is 5.95 Å². The number of nitrogens with one attached hydrogen (secondary N) is 2. The highest BCUT2D eigenvalue weighted by Crippen LogP contribution is 2.33. The molecule has 0 fully saturated rings. The molecule has 1 aromatic carbocycles. The van der Waals surface area contributed by atoms with Crippen molar-refractivity contribution >= 4 is 29.1 Å². The highest BCUT2D eigenvalue weighted by atomic mass is 35.5. The Morgan fingerprint density at radius 3 is 2.63 bits per heavy atom. The largest absolute Gasteiger partial charge is 0.341 e. The molecule has 0 spiro atoms. The Balaban J connectivity index is 1.53. The van der Waals surface area contributed by atoms with Crippen LogP contribution in [0.3, 0.4) is 0 Å². The number of benzene rings is 1. The number of carbonyl (C=O) groups excluding carboxylic acids is 1. The van der Waals surface area contributed by atoms with Crippen LogP contribution in [0.2, 0.25) is 5.02 Å². The second kappa shape index (κ2) is 9.41. The Kier molecular flexibility index (Phi) is 6.53. The van der Waals surface area contributed by atoms with Crippen molar-refractivity contribution in [2.75, 3.05) is 5.32 Å². The van der Waals surface area contributed by atoms with Crippen LogP contribution in [0.5, 0.6) is 0 Å². The molecule has 3 aromatic heterocycles. The summed E-state index contributed by atoms with van der Waals surface area (Å²) in [6.45, 7) is 9.57. The quantitative estimate of drug-likeness (QED) is 0.404. The van der Waals surface area contributed by atoms with Crippen LogP contribution in [0.1, 0.15) is 61.4 Å². The predicted molar refractivity (Wildman–Crippen MR) is 130 cm³/mol. The highest BCUT2D eigenvalue weighted by Gasteiger charge is 2.25. The predicted octanol–water partition coefficient (Wildman–Crippen LogP) is 4.15. The minimum atomic E-state index is -0.455. The topological polar surface area (TPSA) is 137 Å². The lowest BCUT2D eigenvalue weighted by Crippen LogP contribution is -2.27. The van der Waals surface area contributed by atoms with E-state index in [1.807, 2.05) is 60.0 Å². The van der Waals surface area contributed by atoms with Crippen LogP contribution < -0.4 is 10.6 Å². The van der Waals surface area contributed by atoms with Crippen molar-refractivity contribution in [1.82, 2.24) is 40.2 Å². The van der Waals surface area contributed by atoms with Gasteiger partial charge < -0.3 is 15.2 Å². The van der Waals surface area contributed by atoms with Crippen molar-refractivity contribution in [3.8, 4) is 11.4 Å². The van der Waals surface area contributed by atoms with Gasteiger partial charge in [0, 0.05) is 24.2 Å². The number of nitrogens with zero attached hydrogens (tertiary/aromatic N) is 7. The molecule has 4 rings (SSSR count). The molecule has 0 radical (unpaired) electrons. The second-order valence-corrected chi connectivity index (χ2v) is 9.55. The van der Waals surface area contributed by atoms with E-state index in [-0.39, 0.29) is 17.3 Å². The normalized spacial score (nSPS) is 12.4. The fourth-order valence-corrected chi connectivity index (χ4v) is 3.66. The van der Waals surface area contributed by atoms with E-state index in [2.05, 4.69) is 40.8 Å². The van der Waals surface area contributed by atoms with Gasteiger partial charge in [-0.05, 0) is 31.0 Å². The lowest BCUT2D eigenvalue weighted by Gasteiger charge is -2.18. The Labute approximate surface area is 207 Å². The SMILES string of the molecule is Cc1c(C(C)NC(=O)c2nc(C(C)(C)C)no2)ccc(-c2ncnc(Nc3cnn(C)c3)n2)c1Cl. The van der Waals surface area contributed by atoms with E-state index in [9.17, 15) is 4.79 Å². The van der Waals surface area contributed by atoms with Crippen molar-refractivity contribution < 1.29 is 9.32 Å². The third kappa shape index (κ3) is 5.29. The first-order valence-electron chi connectivity index (χ1n) is 10.9. The molecule has 1 amide bonds. The van der Waals surface area contributed by atoms with Gasteiger partial charge in [-0.2, -0.15) is 15.1 Å². The van der Waals surface area contributed by atoms with Gasteiger partial charge in [-0.1, -0.05) is 43.6 Å². The van der Waals surface area contributed by atoms with Crippen LogP contribution in [0.15, 0.2) is 35.4 Å². The second-order valence-electron chi connectivity index (χ2n) is 9.17. The van der Waals surface area contributed by atoms with Crippen molar-refractivity contribution in [3.63, 3.8) is 0 Å². The number of halogens is 1. The van der Waals surface area contributed by atoms with Gasteiger partial charge in [0.25, 0.3) is 0 Å². The summed E-state index contributed by atoms with van der Waals surface area (Å²) in [7, 11) is 1.82. The number of aryl methyl sites for hydroxylation is 1. The van der Waals surface area contributed by atoms with Gasteiger partial charge >= 0.3 is 11.8 Å². The van der Waals surface area contributed by atoms with E-state index in [1.54, 1.807) is 10.9 Å². The third-order valence-electron chi connectivity index (χ3n) is 5.31. The van der Waals surface area contributed by atoms with E-state index in [1.165, 1.54) is 6.33 Å². The molecular formula is C23H26ClN9O2. The zero-order valence-electron chi connectivity index (χ0n) is 20.3. The van der Waals surface area contributed by atoms with E-state index < -0.39 is 5.91 Å². The van der Waals surface area contributed by atoms with Gasteiger partial charge in [0.15, 0.2) is 11.6 Å². The molecule has 0 bridgehead atoms. The molecule has 0 aliphatic carbocycles. The first kappa shape index (κ1) is 24.3. The van der Waals surface area contributed by atoms with Gasteiger partial charge in [-0.15, -0.1) is 0 Å². The van der Waals surface area contributed by atoms with Gasteiger partial charge in [0.05, 0.1) is 22.9 Å². The van der Waals surface area contributed by atoms with Crippen LogP contribution in [0.4, 0.5) is 11.6 Å². The standard InChI is InChI=1S/C23H26ClN9O2/c1-12-15(13(2)28-19(34)20-31-21(32-35-20)23(3,4)5)7-8-16(17(12)24)18-25-11-26-22(30-18)29-14-9-27-33(6)10-14/h7-11,13H,1-6H3,(H,28,34)(H,25,26,29,30). The Hall–Kier alpha value is -3.86. The van der Waals surface area contributed by atoms with Crippen LogP contribution >= 0.6 is 11.6 Å². The lowest BCUT2D eigenvalue weighted by atomic mass is 9.96. The summed E-state index contributed by atoms with van der Waals surface area (Å²) < 4.78 is 6.81. The van der Waals surface area contributed by atoms with E-state index in [0.717, 1.165) is 16.8 Å². The molecule has 4 aromatic rings. The molecule has 0 saturated heterocycles. The maximum absolute atomic E-state index is 12.7. The summed E-state index contributed by atoms with van der Waals surface area (Å²) in [6, 6.07) is 3.34. The summed E-state index contributed by atoms with van der Waals surface area (Å²) >= 11 is 6.71. The number of carbonyl (C=O) groups is 1. The molecule has 182 valence electrons. The monoisotopic (exact) mass is 495 g/mol. The zero-order valence-corrected chi connectivity index (χ0v) is 21.0. The van der Waals surface area contributed by atoms with Crippen molar-refractivity contribution in [2.24, 2.45) is 7.05 Å². The maximum Gasteiger partial charge on any atom is 0.315 e. The fourth-order valence-electron chi connectivity index (χ4n) is 3.40. The molecular weight excluding hydrogens is 470 g/mol. The van der Waals surface area contributed by atoms with Crippen molar-refractivity contribution in [2.45, 2.75) is 46.1 Å². The first-order chi connectivity index (χ1) is 16.5. The molecule has 0 aliphatic heterocycles. The lowest BCUT2D eigenvalue weighted by molar-refractivity contribution is 0.0895. The number of aromatic nitrogens is 7. The van der Waals surface area contributed by atoms with Crippen LogP contribution in [0.25, 0.3) is 11.4 Å². The summed E-state index contributed by atoms with van der Waals surface area (Å²) in [5.74, 6) is 0.720.